The summed E-state index contributed by atoms with van der Waals surface area (Å²) in [6, 6.07) is -1.49. The summed E-state index contributed by atoms with van der Waals surface area (Å²) in [7, 11) is -4.64. The molecule has 0 aromatic heterocycles. The zero-order valence-corrected chi connectivity index (χ0v) is 33.5. The molecule has 0 radical (unpaired) electrons. The molecule has 0 spiro atoms. The van der Waals surface area contributed by atoms with E-state index in [1.807, 2.05) is 12.2 Å². The maximum atomic E-state index is 12.6. The molecule has 0 fully saturated rings. The van der Waals surface area contributed by atoms with Gasteiger partial charge in [-0.05, 0) is 70.6 Å². The van der Waals surface area contributed by atoms with Crippen molar-refractivity contribution in [2.24, 2.45) is 5.73 Å². The van der Waals surface area contributed by atoms with Gasteiger partial charge < -0.3 is 25.2 Å². The molecule has 10 nitrogen and oxygen atoms in total. The molecule has 0 amide bonds. The quantitative estimate of drug-likeness (QED) is 0.0243. The first-order valence-corrected chi connectivity index (χ1v) is 21.1. The number of carboxylic acid groups (broad SMARTS) is 1. The number of aliphatic carboxylic acids is 1. The molecular weight excluding hydrogens is 693 g/mol. The number of ether oxygens (including phenoxy) is 2. The molecule has 0 rings (SSSR count). The van der Waals surface area contributed by atoms with Crippen molar-refractivity contribution in [2.75, 3.05) is 26.4 Å². The van der Waals surface area contributed by atoms with Crippen LogP contribution in [0.1, 0.15) is 129 Å². The normalized spacial score (nSPS) is 14.9. The zero-order chi connectivity index (χ0) is 39.1. The number of esters is 1. The molecule has 53 heavy (non-hydrogen) atoms. The molecular formula is C42H70NO9P. The number of hydrogen-bond donors (Lipinski definition) is 3. The molecule has 0 aromatic rings. The minimum atomic E-state index is -4.64. The highest BCUT2D eigenvalue weighted by Crippen LogP contribution is 2.43. The average Bonchev–Trinajstić information content (AvgIpc) is 3.13. The highest BCUT2D eigenvalue weighted by molar-refractivity contribution is 7.47. The van der Waals surface area contributed by atoms with Gasteiger partial charge in [0.2, 0.25) is 0 Å². The van der Waals surface area contributed by atoms with Gasteiger partial charge in [0.15, 0.2) is 0 Å². The second-order valence-electron chi connectivity index (χ2n) is 12.7. The number of carbonyl (C=O) groups excluding carboxylic acids is 1. The van der Waals surface area contributed by atoms with Gasteiger partial charge in [0.1, 0.15) is 12.1 Å². The topological polar surface area (TPSA) is 155 Å². The lowest BCUT2D eigenvalue weighted by atomic mass is 10.1. The van der Waals surface area contributed by atoms with E-state index in [2.05, 4.69) is 91.3 Å². The molecule has 0 aromatic carbocycles. The third-order valence-corrected chi connectivity index (χ3v) is 8.62. The molecule has 0 aliphatic carbocycles. The summed E-state index contributed by atoms with van der Waals surface area (Å²) < 4.78 is 33.1. The third kappa shape index (κ3) is 37.3. The van der Waals surface area contributed by atoms with Crippen molar-refractivity contribution in [3.63, 3.8) is 0 Å². The van der Waals surface area contributed by atoms with Crippen LogP contribution in [0.5, 0.6) is 0 Å². The summed E-state index contributed by atoms with van der Waals surface area (Å²) in [4.78, 5) is 33.4. The van der Waals surface area contributed by atoms with Crippen molar-refractivity contribution in [1.29, 1.82) is 0 Å². The number of unbranched alkanes of at least 4 members (excludes halogenated alkanes) is 8. The Morgan fingerprint density at radius 2 is 1.09 bits per heavy atom. The fourth-order valence-electron chi connectivity index (χ4n) is 4.61. The minimum Gasteiger partial charge on any atom is -0.480 e. The second kappa shape index (κ2) is 37.5. The molecule has 4 N–H and O–H groups in total. The summed E-state index contributed by atoms with van der Waals surface area (Å²) in [5, 5.41) is 8.87. The van der Waals surface area contributed by atoms with Crippen molar-refractivity contribution in [1.82, 2.24) is 0 Å². The Bertz CT molecular complexity index is 1160. The first-order valence-electron chi connectivity index (χ1n) is 19.6. The highest BCUT2D eigenvalue weighted by Gasteiger charge is 2.27. The van der Waals surface area contributed by atoms with Gasteiger partial charge in [-0.1, -0.05) is 137 Å². The molecule has 3 unspecified atom stereocenters. The lowest BCUT2D eigenvalue weighted by Crippen LogP contribution is -2.34. The second-order valence-corrected chi connectivity index (χ2v) is 14.1. The fraction of sp³-hybridized carbons (Fsp3) is 0.619. The van der Waals surface area contributed by atoms with Gasteiger partial charge in [0.25, 0.3) is 0 Å². The number of phosphoric acid groups is 1. The number of carbonyl (C=O) groups is 2. The average molecular weight is 764 g/mol. The third-order valence-electron chi connectivity index (χ3n) is 7.67. The van der Waals surface area contributed by atoms with Gasteiger partial charge in [-0.3, -0.25) is 18.6 Å². The molecule has 0 aliphatic rings. The Kier molecular flexibility index (Phi) is 35.5. The van der Waals surface area contributed by atoms with Crippen LogP contribution in [-0.2, 0) is 32.7 Å². The van der Waals surface area contributed by atoms with Crippen molar-refractivity contribution >= 4 is 19.8 Å². The van der Waals surface area contributed by atoms with Crippen LogP contribution in [0.3, 0.4) is 0 Å². The molecule has 0 heterocycles. The molecule has 302 valence electrons. The van der Waals surface area contributed by atoms with Gasteiger partial charge in [0.05, 0.1) is 19.8 Å². The summed E-state index contributed by atoms with van der Waals surface area (Å²) in [5.41, 5.74) is 5.33. The standard InChI is InChI=1S/C42H70NO9P/c1-3-5-7-9-11-13-15-17-18-19-20-21-22-23-24-26-28-30-32-34-41(44)52-39(37-50-53(47,48)51-38-40(43)42(45)46)36-49-35-33-31-29-27-25-16-14-12-10-8-6-4-2/h5,7,10-13,17-18,20-21,23-24,28,30,39-40H,3-4,6,8-9,14-16,19,22,25-27,29,31-38,43H2,1-2H3,(H,45,46)(H,47,48)/b7-5-,12-10-,13-11-,18-17-,21-20-,24-23-,30-28-. The number of nitrogens with two attached hydrogens (primary N) is 1. The Morgan fingerprint density at radius 1 is 0.623 bits per heavy atom. The van der Waals surface area contributed by atoms with E-state index < -0.39 is 45.1 Å². The van der Waals surface area contributed by atoms with E-state index in [0.29, 0.717) is 13.0 Å². The Morgan fingerprint density at radius 3 is 1.64 bits per heavy atom. The molecule has 3 atom stereocenters. The van der Waals surface area contributed by atoms with Crippen LogP contribution < -0.4 is 5.73 Å². The number of phosphoric ester groups is 1. The van der Waals surface area contributed by atoms with Crippen LogP contribution in [-0.4, -0.2) is 60.5 Å². The Balaban J connectivity index is 4.46. The van der Waals surface area contributed by atoms with Crippen LogP contribution in [0.4, 0.5) is 0 Å². The number of carboxylic acids is 1. The monoisotopic (exact) mass is 763 g/mol. The Hall–Kier alpha value is -2.85. The van der Waals surface area contributed by atoms with Gasteiger partial charge >= 0.3 is 19.8 Å². The summed E-state index contributed by atoms with van der Waals surface area (Å²) in [6.07, 6.45) is 46.5. The first-order chi connectivity index (χ1) is 25.7. The smallest absolute Gasteiger partial charge is 0.472 e. The van der Waals surface area contributed by atoms with E-state index in [1.165, 1.54) is 38.5 Å². The van der Waals surface area contributed by atoms with Crippen LogP contribution in [0, 0.1) is 0 Å². The van der Waals surface area contributed by atoms with Crippen molar-refractivity contribution in [3.8, 4) is 0 Å². The lowest BCUT2D eigenvalue weighted by Gasteiger charge is -2.20. The summed E-state index contributed by atoms with van der Waals surface area (Å²) in [5.74, 6) is -1.88. The van der Waals surface area contributed by atoms with Crippen molar-refractivity contribution < 1.29 is 42.7 Å². The predicted molar refractivity (Wildman–Crippen MR) is 216 cm³/mol. The van der Waals surface area contributed by atoms with Crippen LogP contribution in [0.15, 0.2) is 85.1 Å². The molecule has 0 bridgehead atoms. The maximum absolute atomic E-state index is 12.6. The first kappa shape index (κ1) is 50.1. The SMILES string of the molecule is CC/C=C\C/C=C\C/C=C\C/C=C\C/C=C\C/C=C\CCC(=O)OC(COCCCCCCCC/C=C\CCCC)COP(=O)(O)OCC(N)C(=O)O. The van der Waals surface area contributed by atoms with E-state index in [0.717, 1.165) is 64.2 Å². The van der Waals surface area contributed by atoms with Crippen LogP contribution >= 0.6 is 7.82 Å². The largest absolute Gasteiger partial charge is 0.480 e. The van der Waals surface area contributed by atoms with E-state index >= 15 is 0 Å². The lowest BCUT2D eigenvalue weighted by molar-refractivity contribution is -0.154. The predicted octanol–water partition coefficient (Wildman–Crippen LogP) is 10.4. The van der Waals surface area contributed by atoms with Crippen molar-refractivity contribution in [3.05, 3.63) is 85.1 Å². The van der Waals surface area contributed by atoms with Gasteiger partial charge in [0, 0.05) is 13.0 Å². The Labute approximate surface area is 320 Å². The number of hydrogen-bond acceptors (Lipinski definition) is 8. The fourth-order valence-corrected chi connectivity index (χ4v) is 5.39. The van der Waals surface area contributed by atoms with E-state index in [4.69, 9.17) is 24.8 Å². The van der Waals surface area contributed by atoms with Gasteiger partial charge in [-0.2, -0.15) is 0 Å². The zero-order valence-electron chi connectivity index (χ0n) is 32.6. The van der Waals surface area contributed by atoms with Gasteiger partial charge in [-0.15, -0.1) is 0 Å². The van der Waals surface area contributed by atoms with Crippen LogP contribution in [0.25, 0.3) is 0 Å². The molecule has 0 saturated carbocycles. The molecule has 0 aliphatic heterocycles. The minimum absolute atomic E-state index is 0.0232. The van der Waals surface area contributed by atoms with Crippen LogP contribution in [0.2, 0.25) is 0 Å². The maximum Gasteiger partial charge on any atom is 0.472 e. The molecule has 11 heteroatoms. The van der Waals surface area contributed by atoms with Crippen molar-refractivity contribution in [2.45, 2.75) is 142 Å². The van der Waals surface area contributed by atoms with E-state index in [9.17, 15) is 19.0 Å². The number of allylic oxidation sites excluding steroid dienone is 14. The molecule has 0 saturated heterocycles. The van der Waals surface area contributed by atoms with E-state index in [-0.39, 0.29) is 13.0 Å². The summed E-state index contributed by atoms with van der Waals surface area (Å²) >= 11 is 0. The highest BCUT2D eigenvalue weighted by atomic mass is 31.2. The van der Waals surface area contributed by atoms with Gasteiger partial charge in [-0.25, -0.2) is 4.57 Å². The van der Waals surface area contributed by atoms with E-state index in [1.54, 1.807) is 0 Å². The number of rotatable bonds is 36. The summed E-state index contributed by atoms with van der Waals surface area (Å²) in [6.45, 7) is 3.59.